The third kappa shape index (κ3) is 4.36. The number of rotatable bonds is 6. The molecule has 0 saturated heterocycles. The smallest absolute Gasteiger partial charge is 0.288 e. The van der Waals surface area contributed by atoms with Gasteiger partial charge in [0.05, 0.1) is 11.5 Å². The maximum Gasteiger partial charge on any atom is 0.288 e. The van der Waals surface area contributed by atoms with Crippen molar-refractivity contribution in [2.75, 3.05) is 12.3 Å². The predicted octanol–water partition coefficient (Wildman–Crippen LogP) is 3.84. The van der Waals surface area contributed by atoms with E-state index in [-0.39, 0.29) is 10.7 Å². The molecule has 0 unspecified atom stereocenters. The van der Waals surface area contributed by atoms with Crippen molar-refractivity contribution in [1.29, 1.82) is 0 Å². The summed E-state index contributed by atoms with van der Waals surface area (Å²) in [7, 11) is 0. The number of benzene rings is 2. The molecule has 2 aromatic rings. The lowest BCUT2D eigenvalue weighted by Crippen LogP contribution is -2.00. The molecule has 6 heteroatoms. The number of nitrogens with two attached hydrogens (primary N) is 1. The van der Waals surface area contributed by atoms with Gasteiger partial charge < -0.3 is 10.5 Å². The molecule has 110 valence electrons. The molecule has 0 saturated carbocycles. The number of ether oxygens (including phenoxy) is 1. The van der Waals surface area contributed by atoms with Crippen LogP contribution in [0, 0.1) is 10.1 Å². The topological polar surface area (TPSA) is 78.4 Å². The molecule has 0 spiro atoms. The van der Waals surface area contributed by atoms with Crippen molar-refractivity contribution < 1.29 is 9.66 Å². The zero-order valence-electron chi connectivity index (χ0n) is 11.3. The highest BCUT2D eigenvalue weighted by Gasteiger charge is 2.12. The minimum absolute atomic E-state index is 0.0797. The van der Waals surface area contributed by atoms with Gasteiger partial charge in [-0.1, -0.05) is 23.7 Å². The minimum atomic E-state index is -0.521. The molecule has 0 atom stereocenters. The fourth-order valence-electron chi connectivity index (χ4n) is 1.88. The summed E-state index contributed by atoms with van der Waals surface area (Å²) in [6.45, 7) is 0.512. The molecule has 0 aliphatic heterocycles. The Kier molecular flexibility index (Phi) is 5.00. The number of hydrogen-bond acceptors (Lipinski definition) is 4. The molecule has 2 rings (SSSR count). The van der Waals surface area contributed by atoms with Crippen LogP contribution in [0.5, 0.6) is 5.75 Å². The van der Waals surface area contributed by atoms with Gasteiger partial charge in [0.1, 0.15) is 10.8 Å². The van der Waals surface area contributed by atoms with Gasteiger partial charge in [-0.15, -0.1) is 0 Å². The molecule has 0 aliphatic rings. The van der Waals surface area contributed by atoms with Crippen LogP contribution in [0.15, 0.2) is 42.5 Å². The van der Waals surface area contributed by atoms with E-state index in [0.717, 1.165) is 18.5 Å². The van der Waals surface area contributed by atoms with E-state index in [2.05, 4.69) is 0 Å². The average Bonchev–Trinajstić information content (AvgIpc) is 2.45. The molecule has 5 nitrogen and oxygen atoms in total. The standard InChI is InChI=1S/C15H15ClN2O3/c16-14-10-13(7-8-15(14)18(19)20)21-9-1-2-11-3-5-12(17)6-4-11/h3-8,10H,1-2,9,17H2. The Morgan fingerprint density at radius 1 is 1.19 bits per heavy atom. The van der Waals surface area contributed by atoms with Gasteiger partial charge in [-0.2, -0.15) is 0 Å². The first-order valence-electron chi connectivity index (χ1n) is 6.47. The first-order valence-corrected chi connectivity index (χ1v) is 6.85. The van der Waals surface area contributed by atoms with Crippen LogP contribution >= 0.6 is 11.6 Å². The first-order chi connectivity index (χ1) is 10.1. The number of halogens is 1. The largest absolute Gasteiger partial charge is 0.494 e. The molecule has 0 fully saturated rings. The summed E-state index contributed by atoms with van der Waals surface area (Å²) in [5, 5.41) is 10.7. The van der Waals surface area contributed by atoms with Crippen LogP contribution in [0.4, 0.5) is 11.4 Å². The Morgan fingerprint density at radius 2 is 1.90 bits per heavy atom. The van der Waals surface area contributed by atoms with Gasteiger partial charge >= 0.3 is 0 Å². The molecule has 0 amide bonds. The Labute approximate surface area is 127 Å². The van der Waals surface area contributed by atoms with Gasteiger partial charge in [0.25, 0.3) is 5.69 Å². The van der Waals surface area contributed by atoms with Crippen LogP contribution in [0.3, 0.4) is 0 Å². The summed E-state index contributed by atoms with van der Waals surface area (Å²) >= 11 is 5.81. The van der Waals surface area contributed by atoms with Crippen molar-refractivity contribution in [3.63, 3.8) is 0 Å². The summed E-state index contributed by atoms with van der Waals surface area (Å²) in [5.41, 5.74) is 7.44. The molecule has 2 aromatic carbocycles. The molecule has 0 bridgehead atoms. The summed E-state index contributed by atoms with van der Waals surface area (Å²) in [5.74, 6) is 0.530. The second kappa shape index (κ2) is 6.95. The van der Waals surface area contributed by atoms with E-state index >= 15 is 0 Å². The third-order valence-corrected chi connectivity index (χ3v) is 3.28. The fourth-order valence-corrected chi connectivity index (χ4v) is 2.12. The number of nitrogens with zero attached hydrogens (tertiary/aromatic N) is 1. The third-order valence-electron chi connectivity index (χ3n) is 2.97. The predicted molar refractivity (Wildman–Crippen MR) is 82.8 cm³/mol. The van der Waals surface area contributed by atoms with Crippen LogP contribution in [-0.4, -0.2) is 11.5 Å². The lowest BCUT2D eigenvalue weighted by atomic mass is 10.1. The Morgan fingerprint density at radius 3 is 2.52 bits per heavy atom. The monoisotopic (exact) mass is 306 g/mol. The van der Waals surface area contributed by atoms with Gasteiger partial charge in [0.2, 0.25) is 0 Å². The van der Waals surface area contributed by atoms with E-state index in [9.17, 15) is 10.1 Å². The second-order valence-electron chi connectivity index (χ2n) is 4.56. The average molecular weight is 307 g/mol. The second-order valence-corrected chi connectivity index (χ2v) is 4.97. The fraction of sp³-hybridized carbons (Fsp3) is 0.200. The highest BCUT2D eigenvalue weighted by atomic mass is 35.5. The summed E-state index contributed by atoms with van der Waals surface area (Å²) in [4.78, 5) is 10.1. The number of hydrogen-bond donors (Lipinski definition) is 1. The molecule has 21 heavy (non-hydrogen) atoms. The lowest BCUT2D eigenvalue weighted by molar-refractivity contribution is -0.384. The van der Waals surface area contributed by atoms with Gasteiger partial charge in [0.15, 0.2) is 0 Å². The van der Waals surface area contributed by atoms with Gasteiger partial charge in [-0.3, -0.25) is 10.1 Å². The number of anilines is 1. The van der Waals surface area contributed by atoms with E-state index in [1.54, 1.807) is 6.07 Å². The SMILES string of the molecule is Nc1ccc(CCCOc2ccc([N+](=O)[O-])c(Cl)c2)cc1. The molecule has 2 N–H and O–H groups in total. The number of nitrogen functional groups attached to an aromatic ring is 1. The van der Waals surface area contributed by atoms with Crippen molar-refractivity contribution in [1.82, 2.24) is 0 Å². The van der Waals surface area contributed by atoms with Gasteiger partial charge in [-0.05, 0) is 36.6 Å². The van der Waals surface area contributed by atoms with Crippen molar-refractivity contribution in [2.24, 2.45) is 0 Å². The molecule has 0 aliphatic carbocycles. The Bertz CT molecular complexity index is 629. The van der Waals surface area contributed by atoms with E-state index in [4.69, 9.17) is 22.1 Å². The Balaban J connectivity index is 1.82. The van der Waals surface area contributed by atoms with Crippen molar-refractivity contribution in [3.8, 4) is 5.75 Å². The number of nitro groups is 1. The highest BCUT2D eigenvalue weighted by molar-refractivity contribution is 6.32. The summed E-state index contributed by atoms with van der Waals surface area (Å²) < 4.78 is 5.54. The molecular formula is C15H15ClN2O3. The molecular weight excluding hydrogens is 292 g/mol. The van der Waals surface area contributed by atoms with Gasteiger partial charge in [0, 0.05) is 17.8 Å². The molecule has 0 heterocycles. The van der Waals surface area contributed by atoms with Crippen LogP contribution in [-0.2, 0) is 6.42 Å². The minimum Gasteiger partial charge on any atom is -0.494 e. The van der Waals surface area contributed by atoms with E-state index in [1.807, 2.05) is 24.3 Å². The van der Waals surface area contributed by atoms with Crippen LogP contribution < -0.4 is 10.5 Å². The lowest BCUT2D eigenvalue weighted by Gasteiger charge is -2.07. The maximum atomic E-state index is 10.6. The summed E-state index contributed by atoms with van der Waals surface area (Å²) in [6.07, 6.45) is 1.71. The van der Waals surface area contributed by atoms with Gasteiger partial charge in [-0.25, -0.2) is 0 Å². The van der Waals surface area contributed by atoms with Crippen molar-refractivity contribution >= 4 is 23.0 Å². The normalized spacial score (nSPS) is 10.3. The molecule has 0 radical (unpaired) electrons. The summed E-state index contributed by atoms with van der Waals surface area (Å²) in [6, 6.07) is 12.1. The van der Waals surface area contributed by atoms with E-state index in [1.165, 1.54) is 17.7 Å². The zero-order chi connectivity index (χ0) is 15.2. The van der Waals surface area contributed by atoms with Crippen LogP contribution in [0.25, 0.3) is 0 Å². The highest BCUT2D eigenvalue weighted by Crippen LogP contribution is 2.28. The quantitative estimate of drug-likeness (QED) is 0.380. The van der Waals surface area contributed by atoms with Crippen LogP contribution in [0.2, 0.25) is 5.02 Å². The number of aryl methyl sites for hydroxylation is 1. The van der Waals surface area contributed by atoms with E-state index < -0.39 is 4.92 Å². The van der Waals surface area contributed by atoms with Crippen molar-refractivity contribution in [3.05, 3.63) is 63.2 Å². The maximum absolute atomic E-state index is 10.6. The van der Waals surface area contributed by atoms with E-state index in [0.29, 0.717) is 12.4 Å². The first kappa shape index (κ1) is 15.1. The number of nitro benzene ring substituents is 1. The molecule has 0 aromatic heterocycles. The zero-order valence-corrected chi connectivity index (χ0v) is 12.0. The van der Waals surface area contributed by atoms with Crippen LogP contribution in [0.1, 0.15) is 12.0 Å². The Hall–Kier alpha value is -2.27. The van der Waals surface area contributed by atoms with Crippen molar-refractivity contribution in [2.45, 2.75) is 12.8 Å².